The Kier molecular flexibility index (Phi) is 6.93. The van der Waals surface area contributed by atoms with Crippen molar-refractivity contribution in [2.45, 2.75) is 11.3 Å². The summed E-state index contributed by atoms with van der Waals surface area (Å²) in [5.74, 6) is 2.59. The molecule has 2 aromatic carbocycles. The number of carbonyl (C=O) groups is 2. The van der Waals surface area contributed by atoms with E-state index in [9.17, 15) is 9.59 Å². The topological polar surface area (TPSA) is 58.2 Å². The number of nitrogens with one attached hydrogen (secondary N) is 2. The van der Waals surface area contributed by atoms with Crippen LogP contribution in [0.1, 0.15) is 16.8 Å². The van der Waals surface area contributed by atoms with Crippen molar-refractivity contribution in [1.29, 1.82) is 0 Å². The second kappa shape index (κ2) is 9.43. The maximum absolute atomic E-state index is 12.1. The molecule has 0 heterocycles. The van der Waals surface area contributed by atoms with E-state index in [0.717, 1.165) is 4.90 Å². The number of benzene rings is 2. The average molecular weight is 338 g/mol. The fourth-order valence-electron chi connectivity index (χ4n) is 2.01. The van der Waals surface area contributed by atoms with E-state index in [-0.39, 0.29) is 18.4 Å². The summed E-state index contributed by atoms with van der Waals surface area (Å²) in [6, 6.07) is 16.8. The van der Waals surface area contributed by atoms with Gasteiger partial charge < -0.3 is 10.6 Å². The lowest BCUT2D eigenvalue weighted by atomic mass is 10.1. The Morgan fingerprint density at radius 3 is 2.50 bits per heavy atom. The minimum atomic E-state index is -0.303. The quantitative estimate of drug-likeness (QED) is 0.602. The van der Waals surface area contributed by atoms with Crippen LogP contribution < -0.4 is 10.6 Å². The Morgan fingerprint density at radius 2 is 1.75 bits per heavy atom. The van der Waals surface area contributed by atoms with Crippen LogP contribution in [0.15, 0.2) is 59.5 Å². The highest BCUT2D eigenvalue weighted by Gasteiger charge is 2.12. The Bertz CT molecular complexity index is 739. The molecular formula is C19H18N2O2S. The minimum absolute atomic E-state index is 0.129. The van der Waals surface area contributed by atoms with Gasteiger partial charge in [-0.1, -0.05) is 36.3 Å². The third-order valence-electron chi connectivity index (χ3n) is 3.14. The van der Waals surface area contributed by atoms with Crippen LogP contribution in [0.2, 0.25) is 0 Å². The van der Waals surface area contributed by atoms with E-state index in [4.69, 9.17) is 6.42 Å². The first kappa shape index (κ1) is 17.6. The Morgan fingerprint density at radius 1 is 1.04 bits per heavy atom. The van der Waals surface area contributed by atoms with Gasteiger partial charge in [-0.25, -0.2) is 0 Å². The summed E-state index contributed by atoms with van der Waals surface area (Å²) in [7, 11) is 0. The summed E-state index contributed by atoms with van der Waals surface area (Å²) in [6.45, 7) is 0.148. The fourth-order valence-corrected chi connectivity index (χ4v) is 2.88. The van der Waals surface area contributed by atoms with Gasteiger partial charge in [-0.3, -0.25) is 9.59 Å². The minimum Gasteiger partial charge on any atom is -0.341 e. The first-order chi connectivity index (χ1) is 11.7. The van der Waals surface area contributed by atoms with Gasteiger partial charge >= 0.3 is 0 Å². The molecule has 0 bridgehead atoms. The van der Waals surface area contributed by atoms with Crippen molar-refractivity contribution in [3.05, 3.63) is 60.2 Å². The highest BCUT2D eigenvalue weighted by molar-refractivity contribution is 7.99. The summed E-state index contributed by atoms with van der Waals surface area (Å²) >= 11 is 1.62. The third kappa shape index (κ3) is 5.49. The lowest BCUT2D eigenvalue weighted by Crippen LogP contribution is -2.25. The largest absolute Gasteiger partial charge is 0.341 e. The standard InChI is InChI=1S/C19H18N2O2S/c1-2-13-20-19(23)16-10-6-7-11-17(16)21-18(22)12-14-24-15-8-4-3-5-9-15/h1,3-11H,12-14H2,(H,20,23)(H,21,22). The lowest BCUT2D eigenvalue weighted by molar-refractivity contribution is -0.115. The van der Waals surface area contributed by atoms with E-state index >= 15 is 0 Å². The van der Waals surface area contributed by atoms with E-state index in [1.54, 1.807) is 36.0 Å². The van der Waals surface area contributed by atoms with Gasteiger partial charge in [0.25, 0.3) is 5.91 Å². The molecule has 2 N–H and O–H groups in total. The number of para-hydroxylation sites is 1. The molecule has 5 heteroatoms. The first-order valence-electron chi connectivity index (χ1n) is 7.49. The van der Waals surface area contributed by atoms with Gasteiger partial charge in [-0.2, -0.15) is 0 Å². The predicted molar refractivity (Wildman–Crippen MR) is 98.0 cm³/mol. The number of carbonyl (C=O) groups excluding carboxylic acids is 2. The number of terminal acetylenes is 1. The number of amides is 2. The lowest BCUT2D eigenvalue weighted by Gasteiger charge is -2.10. The van der Waals surface area contributed by atoms with Crippen LogP contribution in [0, 0.1) is 12.3 Å². The van der Waals surface area contributed by atoms with E-state index in [1.807, 2.05) is 30.3 Å². The normalized spacial score (nSPS) is 9.79. The van der Waals surface area contributed by atoms with Gasteiger partial charge in [0.15, 0.2) is 0 Å². The average Bonchev–Trinajstić information content (AvgIpc) is 2.61. The van der Waals surface area contributed by atoms with Gasteiger partial charge in [0.05, 0.1) is 17.8 Å². The number of anilines is 1. The summed E-state index contributed by atoms with van der Waals surface area (Å²) in [4.78, 5) is 25.3. The molecule has 0 atom stereocenters. The number of thioether (sulfide) groups is 1. The van der Waals surface area contributed by atoms with E-state index in [2.05, 4.69) is 16.6 Å². The first-order valence-corrected chi connectivity index (χ1v) is 8.47. The van der Waals surface area contributed by atoms with Crippen molar-refractivity contribution in [3.63, 3.8) is 0 Å². The molecule has 0 fully saturated rings. The number of hydrogen-bond donors (Lipinski definition) is 2. The van der Waals surface area contributed by atoms with Gasteiger partial charge in [-0.15, -0.1) is 18.2 Å². The van der Waals surface area contributed by atoms with Crippen molar-refractivity contribution >= 4 is 29.3 Å². The summed E-state index contributed by atoms with van der Waals surface area (Å²) in [5, 5.41) is 5.39. The van der Waals surface area contributed by atoms with Crippen molar-refractivity contribution in [2.24, 2.45) is 0 Å². The molecule has 0 radical (unpaired) electrons. The van der Waals surface area contributed by atoms with Crippen molar-refractivity contribution < 1.29 is 9.59 Å². The van der Waals surface area contributed by atoms with Gasteiger partial charge in [0, 0.05) is 17.1 Å². The second-order valence-electron chi connectivity index (χ2n) is 4.89. The molecule has 0 aliphatic rings. The molecule has 122 valence electrons. The molecule has 0 saturated carbocycles. The van der Waals surface area contributed by atoms with Crippen LogP contribution in [0.4, 0.5) is 5.69 Å². The molecule has 0 aromatic heterocycles. The van der Waals surface area contributed by atoms with Gasteiger partial charge in [0.1, 0.15) is 0 Å². The highest BCUT2D eigenvalue weighted by atomic mass is 32.2. The predicted octanol–water partition coefficient (Wildman–Crippen LogP) is 3.17. The molecule has 0 spiro atoms. The molecule has 4 nitrogen and oxygen atoms in total. The zero-order valence-electron chi connectivity index (χ0n) is 13.1. The zero-order valence-corrected chi connectivity index (χ0v) is 13.9. The summed E-state index contributed by atoms with van der Waals surface area (Å²) in [5.41, 5.74) is 0.888. The molecule has 2 aromatic rings. The van der Waals surface area contributed by atoms with Crippen LogP contribution >= 0.6 is 11.8 Å². The van der Waals surface area contributed by atoms with E-state index < -0.39 is 0 Å². The van der Waals surface area contributed by atoms with Crippen LogP contribution in [0.3, 0.4) is 0 Å². The van der Waals surface area contributed by atoms with Crippen LogP contribution in [-0.4, -0.2) is 24.1 Å². The highest BCUT2D eigenvalue weighted by Crippen LogP contribution is 2.19. The van der Waals surface area contributed by atoms with Gasteiger partial charge in [0.2, 0.25) is 5.91 Å². The number of rotatable bonds is 7. The Hall–Kier alpha value is -2.71. The van der Waals surface area contributed by atoms with Crippen LogP contribution in [-0.2, 0) is 4.79 Å². The smallest absolute Gasteiger partial charge is 0.254 e. The van der Waals surface area contributed by atoms with Gasteiger partial charge in [-0.05, 0) is 24.3 Å². The zero-order chi connectivity index (χ0) is 17.2. The maximum Gasteiger partial charge on any atom is 0.254 e. The maximum atomic E-state index is 12.1. The van der Waals surface area contributed by atoms with Crippen LogP contribution in [0.25, 0.3) is 0 Å². The SMILES string of the molecule is C#CCNC(=O)c1ccccc1NC(=O)CCSc1ccccc1. The third-order valence-corrected chi connectivity index (χ3v) is 4.15. The number of hydrogen-bond acceptors (Lipinski definition) is 3. The molecule has 0 saturated heterocycles. The van der Waals surface area contributed by atoms with Crippen molar-refractivity contribution in [1.82, 2.24) is 5.32 Å². The molecule has 0 aliphatic carbocycles. The van der Waals surface area contributed by atoms with E-state index in [0.29, 0.717) is 23.4 Å². The monoisotopic (exact) mass is 338 g/mol. The molecule has 2 amide bonds. The molecule has 0 aliphatic heterocycles. The molecule has 2 rings (SSSR count). The van der Waals surface area contributed by atoms with Crippen LogP contribution in [0.5, 0.6) is 0 Å². The van der Waals surface area contributed by atoms with E-state index in [1.165, 1.54) is 0 Å². The van der Waals surface area contributed by atoms with Crippen molar-refractivity contribution in [2.75, 3.05) is 17.6 Å². The molecular weight excluding hydrogens is 320 g/mol. The second-order valence-corrected chi connectivity index (χ2v) is 6.06. The fraction of sp³-hybridized carbons (Fsp3) is 0.158. The Balaban J connectivity index is 1.89. The van der Waals surface area contributed by atoms with Crippen molar-refractivity contribution in [3.8, 4) is 12.3 Å². The Labute approximate surface area is 146 Å². The summed E-state index contributed by atoms with van der Waals surface area (Å²) in [6.07, 6.45) is 5.50. The molecule has 24 heavy (non-hydrogen) atoms. The molecule has 0 unspecified atom stereocenters. The summed E-state index contributed by atoms with van der Waals surface area (Å²) < 4.78 is 0.